The maximum Gasteiger partial charge on any atom is 0.283 e. The predicted octanol–water partition coefficient (Wildman–Crippen LogP) is 4.62. The Kier molecular flexibility index (Phi) is 5.76. The molecule has 0 aliphatic carbocycles. The molecule has 1 aliphatic heterocycles. The van der Waals surface area contributed by atoms with Gasteiger partial charge in [0.25, 0.3) is 5.69 Å². The zero-order valence-electron chi connectivity index (χ0n) is 12.7. The van der Waals surface area contributed by atoms with Gasteiger partial charge in [0, 0.05) is 12.6 Å². The maximum absolute atomic E-state index is 11.0. The third-order valence-electron chi connectivity index (χ3n) is 4.46. The lowest BCUT2D eigenvalue weighted by molar-refractivity contribution is -0.385. The van der Waals surface area contributed by atoms with Crippen molar-refractivity contribution in [3.05, 3.63) is 38.3 Å². The van der Waals surface area contributed by atoms with Crippen LogP contribution in [-0.4, -0.2) is 22.9 Å². The average molecular weight is 355 g/mol. The Morgan fingerprint density at radius 1 is 1.38 bits per heavy atom. The zero-order chi connectivity index (χ0) is 15.4. The Labute approximate surface area is 134 Å². The molecule has 4 nitrogen and oxygen atoms in total. The molecule has 1 aliphatic rings. The number of likely N-dealkylation sites (tertiary alicyclic amines) is 1. The largest absolute Gasteiger partial charge is 0.299 e. The van der Waals surface area contributed by atoms with Crippen molar-refractivity contribution in [3.63, 3.8) is 0 Å². The normalized spacial score (nSPS) is 20.5. The molecule has 2 rings (SSSR count). The molecule has 1 aromatic carbocycles. The summed E-state index contributed by atoms with van der Waals surface area (Å²) in [5.41, 5.74) is 1.16. The number of hydrogen-bond acceptors (Lipinski definition) is 3. The summed E-state index contributed by atoms with van der Waals surface area (Å²) in [6.45, 7) is 7.55. The second kappa shape index (κ2) is 7.36. The van der Waals surface area contributed by atoms with Crippen LogP contribution in [0.15, 0.2) is 22.7 Å². The van der Waals surface area contributed by atoms with E-state index in [2.05, 4.69) is 34.7 Å². The van der Waals surface area contributed by atoms with Gasteiger partial charge >= 0.3 is 0 Å². The summed E-state index contributed by atoms with van der Waals surface area (Å²) in [5.74, 6) is 1.55. The predicted molar refractivity (Wildman–Crippen MR) is 88.3 cm³/mol. The van der Waals surface area contributed by atoms with Gasteiger partial charge in [0.1, 0.15) is 0 Å². The van der Waals surface area contributed by atoms with Crippen molar-refractivity contribution < 1.29 is 4.92 Å². The van der Waals surface area contributed by atoms with Crippen molar-refractivity contribution in [1.82, 2.24) is 4.90 Å². The summed E-state index contributed by atoms with van der Waals surface area (Å²) in [7, 11) is 0. The number of nitrogens with zero attached hydrogens (tertiary/aromatic N) is 2. The van der Waals surface area contributed by atoms with Crippen molar-refractivity contribution in [1.29, 1.82) is 0 Å². The molecule has 1 heterocycles. The first-order chi connectivity index (χ1) is 9.99. The van der Waals surface area contributed by atoms with Crippen LogP contribution in [0.3, 0.4) is 0 Å². The Hall–Kier alpha value is -0.940. The molecule has 1 unspecified atom stereocenters. The number of rotatable bonds is 4. The Balaban J connectivity index is 2.05. The first-order valence-electron chi connectivity index (χ1n) is 7.63. The van der Waals surface area contributed by atoms with Crippen LogP contribution in [0.2, 0.25) is 0 Å². The van der Waals surface area contributed by atoms with Crippen LogP contribution in [0.4, 0.5) is 5.69 Å². The lowest BCUT2D eigenvalue weighted by Gasteiger charge is -2.21. The molecule has 0 amide bonds. The lowest BCUT2D eigenvalue weighted by Crippen LogP contribution is -2.24. The van der Waals surface area contributed by atoms with Gasteiger partial charge in [0.05, 0.1) is 9.40 Å². The van der Waals surface area contributed by atoms with Crippen molar-refractivity contribution in [2.45, 2.75) is 39.7 Å². The van der Waals surface area contributed by atoms with Gasteiger partial charge in [-0.1, -0.05) is 26.0 Å². The van der Waals surface area contributed by atoms with Crippen LogP contribution >= 0.6 is 15.9 Å². The first kappa shape index (κ1) is 16.4. The molecule has 116 valence electrons. The summed E-state index contributed by atoms with van der Waals surface area (Å²) in [4.78, 5) is 13.1. The van der Waals surface area contributed by atoms with Crippen molar-refractivity contribution in [3.8, 4) is 0 Å². The highest BCUT2D eigenvalue weighted by atomic mass is 79.9. The van der Waals surface area contributed by atoms with Crippen molar-refractivity contribution >= 4 is 21.6 Å². The Morgan fingerprint density at radius 2 is 2.14 bits per heavy atom. The van der Waals surface area contributed by atoms with Gasteiger partial charge in [-0.3, -0.25) is 15.0 Å². The molecular weight excluding hydrogens is 332 g/mol. The van der Waals surface area contributed by atoms with E-state index in [9.17, 15) is 10.1 Å². The fourth-order valence-corrected chi connectivity index (χ4v) is 3.61. The minimum absolute atomic E-state index is 0.155. The SMILES string of the molecule is CC(C)C1CCCN(Cc2cccc([N+](=O)[O-])c2Br)CC1. The molecule has 1 aromatic rings. The number of nitro groups is 1. The third-order valence-corrected chi connectivity index (χ3v) is 5.37. The van der Waals surface area contributed by atoms with Gasteiger partial charge in [-0.15, -0.1) is 0 Å². The first-order valence-corrected chi connectivity index (χ1v) is 8.42. The van der Waals surface area contributed by atoms with E-state index >= 15 is 0 Å². The Bertz CT molecular complexity index is 505. The topological polar surface area (TPSA) is 46.4 Å². The van der Waals surface area contributed by atoms with Gasteiger partial charge in [0.15, 0.2) is 0 Å². The van der Waals surface area contributed by atoms with Crippen LogP contribution in [0.5, 0.6) is 0 Å². The molecular formula is C16H23BrN2O2. The summed E-state index contributed by atoms with van der Waals surface area (Å²) in [6, 6.07) is 5.29. The van der Waals surface area contributed by atoms with E-state index in [1.807, 2.05) is 6.07 Å². The molecule has 21 heavy (non-hydrogen) atoms. The summed E-state index contributed by atoms with van der Waals surface area (Å²) < 4.78 is 0.625. The molecule has 0 radical (unpaired) electrons. The van der Waals surface area contributed by atoms with E-state index in [0.29, 0.717) is 4.47 Å². The van der Waals surface area contributed by atoms with Crippen LogP contribution in [0, 0.1) is 22.0 Å². The summed E-state index contributed by atoms with van der Waals surface area (Å²) in [5, 5.41) is 11.0. The van der Waals surface area contributed by atoms with Gasteiger partial charge in [-0.2, -0.15) is 0 Å². The van der Waals surface area contributed by atoms with E-state index in [4.69, 9.17) is 0 Å². The number of hydrogen-bond donors (Lipinski definition) is 0. The second-order valence-electron chi connectivity index (χ2n) is 6.22. The van der Waals surface area contributed by atoms with Gasteiger partial charge < -0.3 is 0 Å². The Morgan fingerprint density at radius 3 is 2.81 bits per heavy atom. The molecule has 0 aromatic heterocycles. The molecule has 1 saturated heterocycles. The van der Waals surface area contributed by atoms with Crippen LogP contribution in [-0.2, 0) is 6.54 Å². The van der Waals surface area contributed by atoms with Crippen LogP contribution in [0.25, 0.3) is 0 Å². The summed E-state index contributed by atoms with van der Waals surface area (Å²) >= 11 is 3.39. The van der Waals surface area contributed by atoms with E-state index in [0.717, 1.165) is 37.0 Å². The van der Waals surface area contributed by atoms with Gasteiger partial charge in [0.2, 0.25) is 0 Å². The lowest BCUT2D eigenvalue weighted by atomic mass is 9.89. The second-order valence-corrected chi connectivity index (χ2v) is 7.01. The third kappa shape index (κ3) is 4.27. The molecule has 0 N–H and O–H groups in total. The average Bonchev–Trinajstić information content (AvgIpc) is 2.66. The van der Waals surface area contributed by atoms with E-state index in [1.165, 1.54) is 19.3 Å². The standard InChI is InChI=1S/C16H23BrN2O2/c1-12(2)13-6-4-9-18(10-8-13)11-14-5-3-7-15(16(14)17)19(20)21/h3,5,7,12-13H,4,6,8-11H2,1-2H3. The summed E-state index contributed by atoms with van der Waals surface area (Å²) in [6.07, 6.45) is 3.74. The molecule has 0 bridgehead atoms. The van der Waals surface area contributed by atoms with Gasteiger partial charge in [-0.05, 0) is 65.7 Å². The van der Waals surface area contributed by atoms with Crippen LogP contribution < -0.4 is 0 Å². The monoisotopic (exact) mass is 354 g/mol. The highest BCUT2D eigenvalue weighted by molar-refractivity contribution is 9.10. The highest BCUT2D eigenvalue weighted by Crippen LogP contribution is 2.30. The van der Waals surface area contributed by atoms with E-state index < -0.39 is 0 Å². The van der Waals surface area contributed by atoms with Gasteiger partial charge in [-0.25, -0.2) is 0 Å². The zero-order valence-corrected chi connectivity index (χ0v) is 14.3. The minimum Gasteiger partial charge on any atom is -0.299 e. The van der Waals surface area contributed by atoms with E-state index in [-0.39, 0.29) is 10.6 Å². The number of benzene rings is 1. The highest BCUT2D eigenvalue weighted by Gasteiger charge is 2.21. The van der Waals surface area contributed by atoms with Crippen molar-refractivity contribution in [2.24, 2.45) is 11.8 Å². The molecule has 0 spiro atoms. The minimum atomic E-state index is -0.329. The maximum atomic E-state index is 11.0. The molecule has 5 heteroatoms. The van der Waals surface area contributed by atoms with Crippen LogP contribution in [0.1, 0.15) is 38.7 Å². The quantitative estimate of drug-likeness (QED) is 0.585. The smallest absolute Gasteiger partial charge is 0.283 e. The van der Waals surface area contributed by atoms with Crippen molar-refractivity contribution in [2.75, 3.05) is 13.1 Å². The molecule has 0 saturated carbocycles. The molecule has 1 fully saturated rings. The van der Waals surface area contributed by atoms with E-state index in [1.54, 1.807) is 12.1 Å². The number of nitro benzene ring substituents is 1. The fourth-order valence-electron chi connectivity index (χ4n) is 3.08. The molecule has 1 atom stereocenters. The number of halogens is 1. The fraction of sp³-hybridized carbons (Fsp3) is 0.625.